The number of nitrogens with zero attached hydrogens (tertiary/aromatic N) is 2. The van der Waals surface area contributed by atoms with E-state index in [0.29, 0.717) is 10.4 Å². The van der Waals surface area contributed by atoms with Crippen molar-refractivity contribution in [2.24, 2.45) is 0 Å². The van der Waals surface area contributed by atoms with Gasteiger partial charge in [0.1, 0.15) is 5.52 Å². The zero-order valence-electron chi connectivity index (χ0n) is 8.90. The highest BCUT2D eigenvalue weighted by Crippen LogP contribution is 2.30. The zero-order valence-corrected chi connectivity index (χ0v) is 9.72. The van der Waals surface area contributed by atoms with E-state index in [4.69, 9.17) is 4.42 Å². The highest BCUT2D eigenvalue weighted by molar-refractivity contribution is 7.16. The normalized spacial score (nSPS) is 12.2. The minimum absolute atomic E-state index is 0.151. The van der Waals surface area contributed by atoms with Crippen LogP contribution in [0, 0.1) is 0 Å². The summed E-state index contributed by atoms with van der Waals surface area (Å²) < 4.78 is 4.97. The molecule has 15 heavy (non-hydrogen) atoms. The minimum atomic E-state index is -0.539. The molecule has 0 fully saturated rings. The van der Waals surface area contributed by atoms with E-state index in [1.54, 1.807) is 5.51 Å². The molecule has 0 saturated heterocycles. The average Bonchev–Trinajstić information content (AvgIpc) is 2.63. The fourth-order valence-electron chi connectivity index (χ4n) is 1.35. The minimum Gasteiger partial charge on any atom is -0.395 e. The van der Waals surface area contributed by atoms with Gasteiger partial charge in [-0.2, -0.15) is 4.98 Å². The molecular weight excluding hydrogens is 212 g/mol. The lowest BCUT2D eigenvalue weighted by molar-refractivity contribution is 0.465. The molecule has 0 atom stereocenters. The lowest BCUT2D eigenvalue weighted by Crippen LogP contribution is -2.22. The summed E-state index contributed by atoms with van der Waals surface area (Å²) in [5.74, 6) is -0.539. The van der Waals surface area contributed by atoms with E-state index < -0.39 is 5.76 Å². The summed E-state index contributed by atoms with van der Waals surface area (Å²) in [4.78, 5) is 20.0. The van der Waals surface area contributed by atoms with Crippen LogP contribution in [0.4, 0.5) is 0 Å². The lowest BCUT2D eigenvalue weighted by atomic mass is 9.86. The Morgan fingerprint density at radius 3 is 2.93 bits per heavy atom. The number of aromatic nitrogens is 2. The van der Waals surface area contributed by atoms with Crippen molar-refractivity contribution < 1.29 is 4.42 Å². The van der Waals surface area contributed by atoms with Gasteiger partial charge in [-0.3, -0.25) is 0 Å². The Balaban J connectivity index is 2.79. The highest BCUT2D eigenvalue weighted by Gasteiger charge is 2.25. The number of hydrogen-bond donors (Lipinski definition) is 0. The number of thiazole rings is 1. The Labute approximate surface area is 91.0 Å². The van der Waals surface area contributed by atoms with E-state index in [1.165, 1.54) is 11.3 Å². The van der Waals surface area contributed by atoms with Gasteiger partial charge < -0.3 is 4.42 Å². The molecule has 2 heterocycles. The molecule has 0 radical (unpaired) electrons. The van der Waals surface area contributed by atoms with Crippen LogP contribution in [0.2, 0.25) is 0 Å². The Hall–Kier alpha value is -1.23. The Bertz CT molecular complexity index is 542. The van der Waals surface area contributed by atoms with Gasteiger partial charge in [0, 0.05) is 5.41 Å². The van der Waals surface area contributed by atoms with E-state index in [1.807, 2.05) is 13.8 Å². The van der Waals surface area contributed by atoms with Crippen molar-refractivity contribution in [3.8, 4) is 0 Å². The molecule has 0 aliphatic carbocycles. The van der Waals surface area contributed by atoms with Gasteiger partial charge in [0.2, 0.25) is 4.90 Å². The quantitative estimate of drug-likeness (QED) is 0.785. The summed E-state index contributed by atoms with van der Waals surface area (Å²) in [7, 11) is 0. The van der Waals surface area contributed by atoms with Crippen LogP contribution in [0.3, 0.4) is 0 Å². The van der Waals surface area contributed by atoms with E-state index in [2.05, 4.69) is 16.9 Å². The molecule has 0 N–H and O–H groups in total. The molecule has 0 aliphatic heterocycles. The van der Waals surface area contributed by atoms with E-state index in [0.717, 1.165) is 12.1 Å². The molecule has 0 aliphatic rings. The second-order valence-electron chi connectivity index (χ2n) is 4.05. The molecule has 2 aromatic rings. The molecule has 0 aromatic carbocycles. The van der Waals surface area contributed by atoms with Crippen LogP contribution in [0.1, 0.15) is 32.9 Å². The third-order valence-electron chi connectivity index (χ3n) is 2.67. The van der Waals surface area contributed by atoms with Crippen molar-refractivity contribution in [1.29, 1.82) is 0 Å². The predicted molar refractivity (Wildman–Crippen MR) is 59.3 cm³/mol. The van der Waals surface area contributed by atoms with E-state index >= 15 is 0 Å². The molecular formula is C10H12N2O2S. The fraction of sp³-hybridized carbons (Fsp3) is 0.500. The highest BCUT2D eigenvalue weighted by atomic mass is 32.1. The maximum absolute atomic E-state index is 11.3. The first-order chi connectivity index (χ1) is 7.04. The maximum atomic E-state index is 11.3. The summed E-state index contributed by atoms with van der Waals surface area (Å²) in [5.41, 5.74) is 2.97. The van der Waals surface area contributed by atoms with E-state index in [9.17, 15) is 4.79 Å². The van der Waals surface area contributed by atoms with Crippen LogP contribution in [-0.4, -0.2) is 9.97 Å². The first-order valence-corrected chi connectivity index (χ1v) is 5.67. The van der Waals surface area contributed by atoms with Gasteiger partial charge in [0.15, 0.2) is 0 Å². The maximum Gasteiger partial charge on any atom is 0.440 e. The van der Waals surface area contributed by atoms with Crippen molar-refractivity contribution in [1.82, 2.24) is 9.97 Å². The van der Waals surface area contributed by atoms with Crippen LogP contribution in [0.15, 0.2) is 14.7 Å². The summed E-state index contributed by atoms with van der Waals surface area (Å²) in [6, 6.07) is 0. The standard InChI is InChI=1S/C10H12N2O2S/c1-4-10(2,3)7-6-8(15-5-11-6)14-9(13)12-7/h5H,4H2,1-3H3. The van der Waals surface area contributed by atoms with Gasteiger partial charge in [0.05, 0.1) is 11.2 Å². The molecule has 0 saturated carbocycles. The first kappa shape index (κ1) is 10.3. The second kappa shape index (κ2) is 3.41. The van der Waals surface area contributed by atoms with Gasteiger partial charge in [-0.25, -0.2) is 9.78 Å². The summed E-state index contributed by atoms with van der Waals surface area (Å²) in [6.45, 7) is 6.16. The molecule has 80 valence electrons. The molecule has 0 bridgehead atoms. The summed E-state index contributed by atoms with van der Waals surface area (Å²) >= 11 is 1.32. The lowest BCUT2D eigenvalue weighted by Gasteiger charge is -2.20. The molecule has 2 aromatic heterocycles. The third kappa shape index (κ3) is 1.67. The van der Waals surface area contributed by atoms with Crippen molar-refractivity contribution in [2.75, 3.05) is 0 Å². The predicted octanol–water partition coefficient (Wildman–Crippen LogP) is 2.33. The van der Waals surface area contributed by atoms with Gasteiger partial charge in [0.25, 0.3) is 0 Å². The molecule has 0 spiro atoms. The number of fused-ring (bicyclic) bond motifs is 1. The summed E-state index contributed by atoms with van der Waals surface area (Å²) in [5, 5.41) is 0. The van der Waals surface area contributed by atoms with E-state index in [-0.39, 0.29) is 5.41 Å². The Morgan fingerprint density at radius 1 is 1.53 bits per heavy atom. The van der Waals surface area contributed by atoms with Gasteiger partial charge in [-0.05, 0) is 6.42 Å². The van der Waals surface area contributed by atoms with Gasteiger partial charge >= 0.3 is 5.76 Å². The molecule has 0 unspecified atom stereocenters. The van der Waals surface area contributed by atoms with Crippen molar-refractivity contribution >= 4 is 21.8 Å². The monoisotopic (exact) mass is 224 g/mol. The Kier molecular flexibility index (Phi) is 2.34. The largest absolute Gasteiger partial charge is 0.440 e. The van der Waals surface area contributed by atoms with Crippen molar-refractivity contribution in [3.05, 3.63) is 21.8 Å². The molecule has 0 amide bonds. The van der Waals surface area contributed by atoms with Crippen LogP contribution < -0.4 is 5.76 Å². The van der Waals surface area contributed by atoms with Crippen molar-refractivity contribution in [2.45, 2.75) is 32.6 Å². The van der Waals surface area contributed by atoms with Crippen LogP contribution in [0.25, 0.3) is 10.4 Å². The topological polar surface area (TPSA) is 56.0 Å². The van der Waals surface area contributed by atoms with Crippen molar-refractivity contribution in [3.63, 3.8) is 0 Å². The first-order valence-electron chi connectivity index (χ1n) is 4.79. The summed E-state index contributed by atoms with van der Waals surface area (Å²) in [6.07, 6.45) is 0.899. The number of hydrogen-bond acceptors (Lipinski definition) is 5. The van der Waals surface area contributed by atoms with Gasteiger partial charge in [-0.15, -0.1) is 0 Å². The molecule has 5 heteroatoms. The van der Waals surface area contributed by atoms with Crippen LogP contribution >= 0.6 is 11.3 Å². The van der Waals surface area contributed by atoms with Crippen LogP contribution in [-0.2, 0) is 5.41 Å². The van der Waals surface area contributed by atoms with Gasteiger partial charge in [-0.1, -0.05) is 32.1 Å². The Morgan fingerprint density at radius 2 is 2.27 bits per heavy atom. The SMILES string of the molecule is CCC(C)(C)c1nc(=O)oc2scnc12. The molecule has 4 nitrogen and oxygen atoms in total. The third-order valence-corrected chi connectivity index (χ3v) is 3.37. The average molecular weight is 224 g/mol. The number of rotatable bonds is 2. The molecule has 2 rings (SSSR count). The van der Waals surface area contributed by atoms with Crippen LogP contribution in [0.5, 0.6) is 0 Å². The second-order valence-corrected chi connectivity index (χ2v) is 4.87. The smallest absolute Gasteiger partial charge is 0.395 e. The zero-order chi connectivity index (χ0) is 11.1. The fourth-order valence-corrected chi connectivity index (χ4v) is 1.99.